The third-order valence-electron chi connectivity index (χ3n) is 3.22. The van der Waals surface area contributed by atoms with Crippen LogP contribution in [0.25, 0.3) is 0 Å². The molecule has 1 N–H and O–H groups in total. The molecule has 0 bridgehead atoms. The first kappa shape index (κ1) is 10.4. The van der Waals surface area contributed by atoms with Crippen LogP contribution in [-0.4, -0.2) is 75.4 Å². The zero-order chi connectivity index (χ0) is 9.80. The van der Waals surface area contributed by atoms with Gasteiger partial charge in [-0.25, -0.2) is 0 Å². The molecule has 2 aliphatic heterocycles. The van der Waals surface area contributed by atoms with Crippen molar-refractivity contribution in [3.05, 3.63) is 0 Å². The number of hydrogen-bond donors (Lipinski definition) is 1. The van der Waals surface area contributed by atoms with Crippen molar-refractivity contribution >= 4 is 0 Å². The number of hydrogen-bond acceptors (Lipinski definition) is 4. The molecule has 2 fully saturated rings. The van der Waals surface area contributed by atoms with E-state index in [1.165, 1.54) is 13.1 Å². The largest absolute Gasteiger partial charge is 0.379 e. The number of morpholine rings is 1. The molecule has 1 atom stereocenters. The van der Waals surface area contributed by atoms with E-state index in [9.17, 15) is 0 Å². The van der Waals surface area contributed by atoms with E-state index in [0.717, 1.165) is 39.4 Å². The first-order valence-electron chi connectivity index (χ1n) is 5.57. The minimum atomic E-state index is 0.682. The number of nitrogens with one attached hydrogen (secondary N) is 1. The second-order valence-electron chi connectivity index (χ2n) is 4.25. The molecule has 0 radical (unpaired) electrons. The summed E-state index contributed by atoms with van der Waals surface area (Å²) in [5, 5.41) is 3.46. The number of nitrogens with zero attached hydrogens (tertiary/aromatic N) is 2. The van der Waals surface area contributed by atoms with Gasteiger partial charge in [0, 0.05) is 45.3 Å². The van der Waals surface area contributed by atoms with E-state index >= 15 is 0 Å². The fourth-order valence-electron chi connectivity index (χ4n) is 2.15. The lowest BCUT2D eigenvalue weighted by molar-refractivity contribution is 0.0225. The van der Waals surface area contributed by atoms with Crippen LogP contribution in [-0.2, 0) is 4.74 Å². The molecule has 0 spiro atoms. The number of rotatable bonds is 2. The lowest BCUT2D eigenvalue weighted by atomic mass is 10.2. The monoisotopic (exact) mass is 199 g/mol. The van der Waals surface area contributed by atoms with Crippen molar-refractivity contribution in [2.75, 3.05) is 59.5 Å². The zero-order valence-electron chi connectivity index (χ0n) is 9.04. The van der Waals surface area contributed by atoms with E-state index < -0.39 is 0 Å². The van der Waals surface area contributed by atoms with E-state index in [1.807, 2.05) is 0 Å². The lowest BCUT2D eigenvalue weighted by Gasteiger charge is -2.37. The van der Waals surface area contributed by atoms with Gasteiger partial charge in [-0.2, -0.15) is 0 Å². The van der Waals surface area contributed by atoms with Crippen LogP contribution >= 0.6 is 0 Å². The van der Waals surface area contributed by atoms with E-state index in [4.69, 9.17) is 4.74 Å². The molecular weight excluding hydrogens is 178 g/mol. The predicted octanol–water partition coefficient (Wildman–Crippen LogP) is -0.778. The molecule has 0 aromatic heterocycles. The second-order valence-corrected chi connectivity index (χ2v) is 4.25. The fourth-order valence-corrected chi connectivity index (χ4v) is 2.15. The van der Waals surface area contributed by atoms with Gasteiger partial charge in [-0.1, -0.05) is 0 Å². The summed E-state index contributed by atoms with van der Waals surface area (Å²) in [6.45, 7) is 8.65. The summed E-state index contributed by atoms with van der Waals surface area (Å²) in [5.41, 5.74) is 0. The SMILES string of the molecule is CN1CCNCC1CN1CCOCC1. The maximum Gasteiger partial charge on any atom is 0.0594 e. The van der Waals surface area contributed by atoms with Crippen LogP contribution in [0.2, 0.25) is 0 Å². The summed E-state index contributed by atoms with van der Waals surface area (Å²) in [7, 11) is 2.23. The molecule has 0 aliphatic carbocycles. The molecule has 0 amide bonds. The smallest absolute Gasteiger partial charge is 0.0594 e. The Balaban J connectivity index is 1.76. The molecule has 2 saturated heterocycles. The third kappa shape index (κ3) is 2.67. The Kier molecular flexibility index (Phi) is 3.75. The van der Waals surface area contributed by atoms with Crippen LogP contribution in [0.3, 0.4) is 0 Å². The van der Waals surface area contributed by atoms with Gasteiger partial charge in [0.25, 0.3) is 0 Å². The van der Waals surface area contributed by atoms with Crippen LogP contribution in [0.1, 0.15) is 0 Å². The van der Waals surface area contributed by atoms with Gasteiger partial charge in [0.15, 0.2) is 0 Å². The Morgan fingerprint density at radius 3 is 2.79 bits per heavy atom. The highest BCUT2D eigenvalue weighted by Gasteiger charge is 2.22. The zero-order valence-corrected chi connectivity index (χ0v) is 9.04. The molecular formula is C10H21N3O. The maximum atomic E-state index is 5.34. The van der Waals surface area contributed by atoms with E-state index in [-0.39, 0.29) is 0 Å². The molecule has 2 rings (SSSR count). The number of piperazine rings is 1. The average molecular weight is 199 g/mol. The van der Waals surface area contributed by atoms with Crippen molar-refractivity contribution in [1.29, 1.82) is 0 Å². The molecule has 2 aliphatic rings. The predicted molar refractivity (Wildman–Crippen MR) is 56.5 cm³/mol. The Hall–Kier alpha value is -0.160. The van der Waals surface area contributed by atoms with Gasteiger partial charge in [-0.15, -0.1) is 0 Å². The Bertz CT molecular complexity index is 171. The van der Waals surface area contributed by atoms with Crippen molar-refractivity contribution < 1.29 is 4.74 Å². The van der Waals surface area contributed by atoms with Crippen molar-refractivity contribution in [1.82, 2.24) is 15.1 Å². The molecule has 2 heterocycles. The Morgan fingerprint density at radius 1 is 1.29 bits per heavy atom. The van der Waals surface area contributed by atoms with Gasteiger partial charge < -0.3 is 10.1 Å². The molecule has 14 heavy (non-hydrogen) atoms. The standard InChI is InChI=1S/C10H21N3O/c1-12-3-2-11-8-10(12)9-13-4-6-14-7-5-13/h10-11H,2-9H2,1H3. The maximum absolute atomic E-state index is 5.34. The normalized spacial score (nSPS) is 31.9. The average Bonchev–Trinajstić information content (AvgIpc) is 2.23. The molecule has 1 unspecified atom stereocenters. The number of likely N-dealkylation sites (N-methyl/N-ethyl adjacent to an activating group) is 1. The molecule has 4 nitrogen and oxygen atoms in total. The highest BCUT2D eigenvalue weighted by molar-refractivity contribution is 4.81. The molecule has 0 saturated carbocycles. The van der Waals surface area contributed by atoms with Crippen LogP contribution in [0.5, 0.6) is 0 Å². The first-order valence-corrected chi connectivity index (χ1v) is 5.57. The summed E-state index contributed by atoms with van der Waals surface area (Å²) in [4.78, 5) is 4.98. The summed E-state index contributed by atoms with van der Waals surface area (Å²) >= 11 is 0. The summed E-state index contributed by atoms with van der Waals surface area (Å²) < 4.78 is 5.34. The van der Waals surface area contributed by atoms with Crippen molar-refractivity contribution in [2.45, 2.75) is 6.04 Å². The van der Waals surface area contributed by atoms with E-state index in [1.54, 1.807) is 0 Å². The highest BCUT2D eigenvalue weighted by Crippen LogP contribution is 2.04. The van der Waals surface area contributed by atoms with Gasteiger partial charge in [0.1, 0.15) is 0 Å². The Morgan fingerprint density at radius 2 is 2.07 bits per heavy atom. The van der Waals surface area contributed by atoms with Crippen molar-refractivity contribution in [2.24, 2.45) is 0 Å². The van der Waals surface area contributed by atoms with Gasteiger partial charge in [-0.05, 0) is 7.05 Å². The van der Waals surface area contributed by atoms with Gasteiger partial charge in [0.2, 0.25) is 0 Å². The minimum absolute atomic E-state index is 0.682. The minimum Gasteiger partial charge on any atom is -0.379 e. The van der Waals surface area contributed by atoms with Crippen molar-refractivity contribution in [3.8, 4) is 0 Å². The van der Waals surface area contributed by atoms with Gasteiger partial charge >= 0.3 is 0 Å². The van der Waals surface area contributed by atoms with Crippen LogP contribution in [0.15, 0.2) is 0 Å². The Labute approximate surface area is 86.2 Å². The van der Waals surface area contributed by atoms with E-state index in [0.29, 0.717) is 6.04 Å². The number of ether oxygens (including phenoxy) is 1. The summed E-state index contributed by atoms with van der Waals surface area (Å²) in [6.07, 6.45) is 0. The summed E-state index contributed by atoms with van der Waals surface area (Å²) in [6, 6.07) is 0.682. The highest BCUT2D eigenvalue weighted by atomic mass is 16.5. The lowest BCUT2D eigenvalue weighted by Crippen LogP contribution is -2.55. The molecule has 82 valence electrons. The molecule has 0 aromatic rings. The molecule has 4 heteroatoms. The quantitative estimate of drug-likeness (QED) is 0.631. The van der Waals surface area contributed by atoms with Crippen LogP contribution < -0.4 is 5.32 Å². The second kappa shape index (κ2) is 5.07. The van der Waals surface area contributed by atoms with Crippen molar-refractivity contribution in [3.63, 3.8) is 0 Å². The fraction of sp³-hybridized carbons (Fsp3) is 1.00. The topological polar surface area (TPSA) is 27.7 Å². The summed E-state index contributed by atoms with van der Waals surface area (Å²) in [5.74, 6) is 0. The van der Waals surface area contributed by atoms with Gasteiger partial charge in [0.05, 0.1) is 13.2 Å². The first-order chi connectivity index (χ1) is 6.86. The molecule has 0 aromatic carbocycles. The van der Waals surface area contributed by atoms with E-state index in [2.05, 4.69) is 22.2 Å². The van der Waals surface area contributed by atoms with Crippen LogP contribution in [0.4, 0.5) is 0 Å². The van der Waals surface area contributed by atoms with Crippen LogP contribution in [0, 0.1) is 0 Å². The third-order valence-corrected chi connectivity index (χ3v) is 3.22. The van der Waals surface area contributed by atoms with Gasteiger partial charge in [-0.3, -0.25) is 9.80 Å².